The van der Waals surface area contributed by atoms with Crippen LogP contribution in [0, 0.1) is 5.41 Å². The minimum absolute atomic E-state index is 0.410. The molecule has 100 valence electrons. The Hall–Kier alpha value is -0.120. The van der Waals surface area contributed by atoms with Gasteiger partial charge in [-0.25, -0.2) is 0 Å². The molecule has 0 aromatic carbocycles. The minimum atomic E-state index is 0.410. The molecule has 2 aliphatic rings. The van der Waals surface area contributed by atoms with Gasteiger partial charge < -0.3 is 15.0 Å². The standard InChI is InChI=1S/C14H28N2O/c1-12-13(6-9-17-12)16(3)11-14(10-15-2)7-4-5-8-14/h12-13,15H,4-11H2,1-3H3. The van der Waals surface area contributed by atoms with E-state index in [1.807, 2.05) is 0 Å². The maximum absolute atomic E-state index is 5.69. The molecule has 0 aromatic rings. The van der Waals surface area contributed by atoms with Gasteiger partial charge in [0.25, 0.3) is 0 Å². The van der Waals surface area contributed by atoms with E-state index in [1.165, 1.54) is 45.2 Å². The van der Waals surface area contributed by atoms with Crippen LogP contribution in [-0.2, 0) is 4.74 Å². The van der Waals surface area contributed by atoms with Crippen molar-refractivity contribution in [1.29, 1.82) is 0 Å². The molecular weight excluding hydrogens is 212 g/mol. The van der Waals surface area contributed by atoms with E-state index < -0.39 is 0 Å². The van der Waals surface area contributed by atoms with Crippen LogP contribution in [0.1, 0.15) is 39.0 Å². The van der Waals surface area contributed by atoms with Crippen molar-refractivity contribution in [3.05, 3.63) is 0 Å². The van der Waals surface area contributed by atoms with Crippen molar-refractivity contribution in [2.45, 2.75) is 51.2 Å². The van der Waals surface area contributed by atoms with Gasteiger partial charge in [0, 0.05) is 25.7 Å². The van der Waals surface area contributed by atoms with Crippen LogP contribution >= 0.6 is 0 Å². The van der Waals surface area contributed by atoms with Crippen molar-refractivity contribution in [3.63, 3.8) is 0 Å². The normalized spacial score (nSPS) is 32.5. The maximum Gasteiger partial charge on any atom is 0.0702 e. The van der Waals surface area contributed by atoms with Gasteiger partial charge >= 0.3 is 0 Å². The largest absolute Gasteiger partial charge is 0.377 e. The number of nitrogens with zero attached hydrogens (tertiary/aromatic N) is 1. The quantitative estimate of drug-likeness (QED) is 0.794. The summed E-state index contributed by atoms with van der Waals surface area (Å²) in [5.74, 6) is 0. The summed E-state index contributed by atoms with van der Waals surface area (Å²) in [6.07, 6.45) is 7.21. The lowest BCUT2D eigenvalue weighted by molar-refractivity contribution is 0.0641. The molecule has 2 unspecified atom stereocenters. The fourth-order valence-electron chi connectivity index (χ4n) is 3.84. The highest BCUT2D eigenvalue weighted by atomic mass is 16.5. The van der Waals surface area contributed by atoms with E-state index in [-0.39, 0.29) is 0 Å². The number of ether oxygens (including phenoxy) is 1. The fraction of sp³-hybridized carbons (Fsp3) is 1.00. The Balaban J connectivity index is 1.93. The van der Waals surface area contributed by atoms with Gasteiger partial charge in [-0.1, -0.05) is 12.8 Å². The van der Waals surface area contributed by atoms with Gasteiger partial charge in [0.15, 0.2) is 0 Å². The van der Waals surface area contributed by atoms with Crippen LogP contribution in [0.3, 0.4) is 0 Å². The van der Waals surface area contributed by atoms with Crippen LogP contribution in [0.5, 0.6) is 0 Å². The molecule has 0 amide bonds. The number of hydrogen-bond acceptors (Lipinski definition) is 3. The van der Waals surface area contributed by atoms with Crippen LogP contribution in [-0.4, -0.2) is 50.8 Å². The molecule has 2 fully saturated rings. The van der Waals surface area contributed by atoms with E-state index in [1.54, 1.807) is 0 Å². The SMILES string of the molecule is CNCC1(CN(C)C2CCOC2C)CCCC1. The van der Waals surface area contributed by atoms with E-state index in [9.17, 15) is 0 Å². The Bertz CT molecular complexity index is 238. The van der Waals surface area contributed by atoms with Gasteiger partial charge in [0.2, 0.25) is 0 Å². The monoisotopic (exact) mass is 240 g/mol. The zero-order chi connectivity index (χ0) is 12.3. The van der Waals surface area contributed by atoms with Crippen LogP contribution in [0.4, 0.5) is 0 Å². The maximum atomic E-state index is 5.69. The molecule has 1 aliphatic carbocycles. The van der Waals surface area contributed by atoms with E-state index in [0.29, 0.717) is 17.6 Å². The summed E-state index contributed by atoms with van der Waals surface area (Å²) < 4.78 is 5.69. The molecule has 0 bridgehead atoms. The number of hydrogen-bond donors (Lipinski definition) is 1. The average Bonchev–Trinajstić information content (AvgIpc) is 2.88. The lowest BCUT2D eigenvalue weighted by Crippen LogP contribution is -2.46. The van der Waals surface area contributed by atoms with Crippen LogP contribution in [0.2, 0.25) is 0 Å². The predicted molar refractivity (Wildman–Crippen MR) is 71.3 cm³/mol. The fourth-order valence-corrected chi connectivity index (χ4v) is 3.84. The van der Waals surface area contributed by atoms with Crippen molar-refractivity contribution in [3.8, 4) is 0 Å². The van der Waals surface area contributed by atoms with Gasteiger partial charge in [-0.3, -0.25) is 0 Å². The Labute approximate surface area is 106 Å². The predicted octanol–water partition coefficient (Wildman–Crippen LogP) is 1.88. The number of likely N-dealkylation sites (N-methyl/N-ethyl adjacent to an activating group) is 1. The van der Waals surface area contributed by atoms with Crippen molar-refractivity contribution < 1.29 is 4.74 Å². The van der Waals surface area contributed by atoms with Crippen molar-refractivity contribution in [1.82, 2.24) is 10.2 Å². The lowest BCUT2D eigenvalue weighted by Gasteiger charge is -2.37. The topological polar surface area (TPSA) is 24.5 Å². The Morgan fingerprint density at radius 1 is 1.35 bits per heavy atom. The molecule has 0 spiro atoms. The molecule has 1 heterocycles. The van der Waals surface area contributed by atoms with Crippen LogP contribution < -0.4 is 5.32 Å². The van der Waals surface area contributed by atoms with E-state index in [4.69, 9.17) is 4.74 Å². The molecule has 2 rings (SSSR count). The second kappa shape index (κ2) is 5.68. The van der Waals surface area contributed by atoms with Crippen molar-refractivity contribution in [2.75, 3.05) is 33.8 Å². The van der Waals surface area contributed by atoms with Gasteiger partial charge in [0.1, 0.15) is 0 Å². The van der Waals surface area contributed by atoms with Crippen molar-refractivity contribution in [2.24, 2.45) is 5.41 Å². The summed E-state index contributed by atoms with van der Waals surface area (Å²) in [5, 5.41) is 3.40. The Kier molecular flexibility index (Phi) is 4.45. The highest BCUT2D eigenvalue weighted by molar-refractivity contribution is 4.91. The van der Waals surface area contributed by atoms with Gasteiger partial charge in [-0.05, 0) is 45.7 Å². The molecule has 3 nitrogen and oxygen atoms in total. The van der Waals surface area contributed by atoms with E-state index >= 15 is 0 Å². The molecule has 1 N–H and O–H groups in total. The average molecular weight is 240 g/mol. The first-order chi connectivity index (χ1) is 8.17. The molecule has 17 heavy (non-hydrogen) atoms. The smallest absolute Gasteiger partial charge is 0.0702 e. The number of nitrogens with one attached hydrogen (secondary N) is 1. The number of rotatable bonds is 5. The van der Waals surface area contributed by atoms with E-state index in [2.05, 4.69) is 31.2 Å². The third-order valence-electron chi connectivity index (χ3n) is 4.70. The second-order valence-electron chi connectivity index (χ2n) is 6.08. The third-order valence-corrected chi connectivity index (χ3v) is 4.70. The molecule has 0 radical (unpaired) electrons. The second-order valence-corrected chi connectivity index (χ2v) is 6.08. The van der Waals surface area contributed by atoms with E-state index in [0.717, 1.165) is 6.61 Å². The summed E-state index contributed by atoms with van der Waals surface area (Å²) in [6.45, 7) is 5.55. The third kappa shape index (κ3) is 3.01. The summed E-state index contributed by atoms with van der Waals surface area (Å²) in [5.41, 5.74) is 0.520. The minimum Gasteiger partial charge on any atom is -0.377 e. The first kappa shape index (κ1) is 13.3. The highest BCUT2D eigenvalue weighted by Crippen LogP contribution is 2.39. The van der Waals surface area contributed by atoms with Crippen molar-refractivity contribution >= 4 is 0 Å². The highest BCUT2D eigenvalue weighted by Gasteiger charge is 2.37. The van der Waals surface area contributed by atoms with Gasteiger partial charge in [-0.15, -0.1) is 0 Å². The first-order valence-electron chi connectivity index (χ1n) is 7.13. The molecule has 3 heteroatoms. The lowest BCUT2D eigenvalue weighted by atomic mass is 9.85. The summed E-state index contributed by atoms with van der Waals surface area (Å²) in [4.78, 5) is 2.56. The first-order valence-corrected chi connectivity index (χ1v) is 7.13. The summed E-state index contributed by atoms with van der Waals surface area (Å²) in [7, 11) is 4.37. The van der Waals surface area contributed by atoms with Crippen LogP contribution in [0.25, 0.3) is 0 Å². The van der Waals surface area contributed by atoms with Crippen LogP contribution in [0.15, 0.2) is 0 Å². The summed E-state index contributed by atoms with van der Waals surface area (Å²) >= 11 is 0. The summed E-state index contributed by atoms with van der Waals surface area (Å²) in [6, 6.07) is 0.629. The molecule has 1 aliphatic heterocycles. The Morgan fingerprint density at radius 3 is 2.59 bits per heavy atom. The molecule has 1 saturated heterocycles. The molecule has 2 atom stereocenters. The molecule has 1 saturated carbocycles. The zero-order valence-electron chi connectivity index (χ0n) is 11.7. The zero-order valence-corrected chi connectivity index (χ0v) is 11.7. The Morgan fingerprint density at radius 2 is 2.06 bits per heavy atom. The molecule has 0 aromatic heterocycles. The molecular formula is C14H28N2O. The van der Waals surface area contributed by atoms with Gasteiger partial charge in [-0.2, -0.15) is 0 Å². The van der Waals surface area contributed by atoms with Gasteiger partial charge in [0.05, 0.1) is 6.10 Å².